The van der Waals surface area contributed by atoms with E-state index >= 15 is 0 Å². The van der Waals surface area contributed by atoms with E-state index in [2.05, 4.69) is 11.9 Å². The molecule has 1 unspecified atom stereocenters. The summed E-state index contributed by atoms with van der Waals surface area (Å²) in [4.78, 5) is 32.5. The highest BCUT2D eigenvalue weighted by Crippen LogP contribution is 2.35. The lowest BCUT2D eigenvalue weighted by Gasteiger charge is -2.15. The second-order valence-corrected chi connectivity index (χ2v) is 9.58. The van der Waals surface area contributed by atoms with Gasteiger partial charge in [0.05, 0.1) is 16.3 Å². The first-order valence-corrected chi connectivity index (χ1v) is 11.9. The molecule has 1 aromatic carbocycles. The molecule has 8 heteroatoms. The van der Waals surface area contributed by atoms with Gasteiger partial charge >= 0.3 is 0 Å². The smallest absolute Gasteiger partial charge is 0.268 e. The van der Waals surface area contributed by atoms with Crippen molar-refractivity contribution in [2.75, 3.05) is 6.54 Å². The van der Waals surface area contributed by atoms with Gasteiger partial charge in [0.1, 0.15) is 4.83 Å². The number of aromatic nitrogens is 2. The lowest BCUT2D eigenvalue weighted by atomic mass is 10.2. The Labute approximate surface area is 186 Å². The molecular weight excluding hydrogens is 434 g/mol. The number of para-hydroxylation sites is 1. The van der Waals surface area contributed by atoms with Crippen LogP contribution in [-0.2, 0) is 4.79 Å². The Balaban J connectivity index is 1.86. The van der Waals surface area contributed by atoms with Gasteiger partial charge in [0.2, 0.25) is 5.91 Å². The van der Waals surface area contributed by atoms with Crippen LogP contribution in [0.1, 0.15) is 6.92 Å². The zero-order valence-corrected chi connectivity index (χ0v) is 18.7. The summed E-state index contributed by atoms with van der Waals surface area (Å²) >= 11 is 4.32. The summed E-state index contributed by atoms with van der Waals surface area (Å²) < 4.78 is 1.61. The van der Waals surface area contributed by atoms with Gasteiger partial charge in [-0.05, 0) is 30.5 Å². The molecule has 0 spiro atoms. The normalized spacial score (nSPS) is 12.0. The molecule has 1 amide bonds. The summed E-state index contributed by atoms with van der Waals surface area (Å²) in [6.07, 6.45) is 1.64. The van der Waals surface area contributed by atoms with E-state index in [-0.39, 0.29) is 11.5 Å². The van der Waals surface area contributed by atoms with Crippen LogP contribution in [0, 0.1) is 0 Å². The number of carbonyl (C=O) groups is 1. The van der Waals surface area contributed by atoms with Gasteiger partial charge in [0.15, 0.2) is 5.16 Å². The monoisotopic (exact) mass is 453 g/mol. The summed E-state index contributed by atoms with van der Waals surface area (Å²) in [7, 11) is 0. The first-order valence-electron chi connectivity index (χ1n) is 9.29. The molecule has 0 fully saturated rings. The minimum Gasteiger partial charge on any atom is -0.352 e. The summed E-state index contributed by atoms with van der Waals surface area (Å²) in [5, 5.41) is 7.47. The molecule has 4 rings (SSSR count). The van der Waals surface area contributed by atoms with Crippen molar-refractivity contribution in [2.45, 2.75) is 17.3 Å². The molecule has 5 nitrogen and oxygen atoms in total. The number of nitrogens with zero attached hydrogens (tertiary/aromatic N) is 2. The molecule has 1 atom stereocenters. The summed E-state index contributed by atoms with van der Waals surface area (Å²) in [5.41, 5.74) is 1.50. The van der Waals surface area contributed by atoms with Crippen LogP contribution in [0.25, 0.3) is 26.3 Å². The highest BCUT2D eigenvalue weighted by Gasteiger charge is 2.22. The van der Waals surface area contributed by atoms with Gasteiger partial charge in [-0.3, -0.25) is 14.2 Å². The van der Waals surface area contributed by atoms with Crippen molar-refractivity contribution in [1.82, 2.24) is 14.9 Å². The van der Waals surface area contributed by atoms with Crippen molar-refractivity contribution in [2.24, 2.45) is 0 Å². The number of hydrogen-bond acceptors (Lipinski definition) is 6. The van der Waals surface area contributed by atoms with Gasteiger partial charge in [-0.25, -0.2) is 4.98 Å². The Kier molecular flexibility index (Phi) is 6.17. The number of nitrogens with one attached hydrogen (secondary N) is 1. The minimum atomic E-state index is -0.416. The van der Waals surface area contributed by atoms with Crippen LogP contribution in [-0.4, -0.2) is 27.3 Å². The number of carbonyl (C=O) groups excluding carboxylic acids is 1. The first kappa shape index (κ1) is 20.6. The molecule has 3 aromatic heterocycles. The van der Waals surface area contributed by atoms with Crippen molar-refractivity contribution < 1.29 is 4.79 Å². The van der Waals surface area contributed by atoms with Gasteiger partial charge in [-0.2, -0.15) is 0 Å². The minimum absolute atomic E-state index is 0.126. The van der Waals surface area contributed by atoms with E-state index in [1.165, 1.54) is 23.1 Å². The number of amides is 1. The molecule has 0 bridgehead atoms. The number of rotatable bonds is 7. The molecule has 30 heavy (non-hydrogen) atoms. The Hall–Kier alpha value is -2.68. The van der Waals surface area contributed by atoms with Crippen LogP contribution in [0.3, 0.4) is 0 Å². The lowest BCUT2D eigenvalue weighted by molar-refractivity contribution is -0.120. The van der Waals surface area contributed by atoms with Crippen molar-refractivity contribution in [3.05, 3.63) is 76.2 Å². The summed E-state index contributed by atoms with van der Waals surface area (Å²) in [6.45, 7) is 5.83. The summed E-state index contributed by atoms with van der Waals surface area (Å²) in [5.74, 6) is -0.126. The van der Waals surface area contributed by atoms with Crippen LogP contribution in [0.5, 0.6) is 0 Å². The van der Waals surface area contributed by atoms with Gasteiger partial charge in [-0.15, -0.1) is 29.3 Å². The van der Waals surface area contributed by atoms with E-state index in [0.717, 1.165) is 16.1 Å². The number of thioether (sulfide) groups is 1. The van der Waals surface area contributed by atoms with Crippen LogP contribution in [0.4, 0.5) is 0 Å². The maximum Gasteiger partial charge on any atom is 0.268 e. The van der Waals surface area contributed by atoms with Crippen LogP contribution in [0.2, 0.25) is 0 Å². The lowest BCUT2D eigenvalue weighted by Crippen LogP contribution is -2.31. The zero-order valence-electron chi connectivity index (χ0n) is 16.2. The Morgan fingerprint density at radius 3 is 2.77 bits per heavy atom. The number of fused-ring (bicyclic) bond motifs is 1. The fraction of sp³-hybridized carbons (Fsp3) is 0.136. The number of hydrogen-bond donors (Lipinski definition) is 1. The highest BCUT2D eigenvalue weighted by atomic mass is 32.2. The third-order valence-electron chi connectivity index (χ3n) is 4.45. The van der Waals surface area contributed by atoms with Crippen LogP contribution < -0.4 is 10.9 Å². The second-order valence-electron chi connectivity index (χ2n) is 6.47. The third kappa shape index (κ3) is 3.98. The average Bonchev–Trinajstić information content (AvgIpc) is 3.42. The fourth-order valence-electron chi connectivity index (χ4n) is 3.00. The van der Waals surface area contributed by atoms with E-state index < -0.39 is 5.25 Å². The molecule has 0 saturated heterocycles. The van der Waals surface area contributed by atoms with Crippen LogP contribution in [0.15, 0.2) is 75.8 Å². The zero-order chi connectivity index (χ0) is 21.1. The molecule has 152 valence electrons. The Morgan fingerprint density at radius 2 is 2.07 bits per heavy atom. The maximum absolute atomic E-state index is 13.7. The van der Waals surface area contributed by atoms with Crippen molar-refractivity contribution in [3.8, 4) is 16.1 Å². The van der Waals surface area contributed by atoms with Crippen molar-refractivity contribution in [1.29, 1.82) is 0 Å². The average molecular weight is 454 g/mol. The summed E-state index contributed by atoms with van der Waals surface area (Å²) in [6, 6.07) is 13.4. The Morgan fingerprint density at radius 1 is 1.27 bits per heavy atom. The van der Waals surface area contributed by atoms with E-state index in [0.29, 0.717) is 21.9 Å². The molecule has 0 radical (unpaired) electrons. The number of benzene rings is 1. The predicted molar refractivity (Wildman–Crippen MR) is 127 cm³/mol. The maximum atomic E-state index is 13.7. The largest absolute Gasteiger partial charge is 0.352 e. The van der Waals surface area contributed by atoms with E-state index in [1.54, 1.807) is 28.9 Å². The topological polar surface area (TPSA) is 64.0 Å². The first-order chi connectivity index (χ1) is 14.6. The Bertz CT molecular complexity index is 1240. The highest BCUT2D eigenvalue weighted by molar-refractivity contribution is 8.00. The SMILES string of the molecule is C=CCNC(=O)C(C)Sc1nc2scc(-c3cccs3)c2c(=O)n1-c1ccccc1. The fourth-order valence-corrected chi connectivity index (χ4v) is 5.75. The number of thiophene rings is 2. The molecule has 0 saturated carbocycles. The van der Waals surface area contributed by atoms with Gasteiger partial charge < -0.3 is 5.32 Å². The van der Waals surface area contributed by atoms with Crippen molar-refractivity contribution in [3.63, 3.8) is 0 Å². The molecule has 4 aromatic rings. The van der Waals surface area contributed by atoms with Gasteiger partial charge in [0, 0.05) is 22.4 Å². The third-order valence-corrected chi connectivity index (χ3v) is 7.28. The molecule has 0 aliphatic carbocycles. The molecule has 0 aliphatic heterocycles. The van der Waals surface area contributed by atoms with Gasteiger partial charge in [-0.1, -0.05) is 42.1 Å². The molecular formula is C22H19N3O2S3. The van der Waals surface area contributed by atoms with E-state index in [1.807, 2.05) is 53.2 Å². The van der Waals surface area contributed by atoms with E-state index in [9.17, 15) is 9.59 Å². The van der Waals surface area contributed by atoms with E-state index in [4.69, 9.17) is 4.98 Å². The predicted octanol–water partition coefficient (Wildman–Crippen LogP) is 4.96. The van der Waals surface area contributed by atoms with Crippen LogP contribution >= 0.6 is 34.4 Å². The molecule has 1 N–H and O–H groups in total. The molecule has 3 heterocycles. The molecule has 0 aliphatic rings. The standard InChI is InChI=1S/C22H19N3O2S3/c1-3-11-23-19(26)14(2)30-22-24-20-18(16(13-29-20)17-10-7-12-28-17)21(27)25(22)15-8-5-4-6-9-15/h3-10,12-14H,1,11H2,2H3,(H,23,26). The quantitative estimate of drug-likeness (QED) is 0.244. The van der Waals surface area contributed by atoms with Crippen molar-refractivity contribution >= 4 is 50.6 Å². The second kappa shape index (κ2) is 8.99. The van der Waals surface area contributed by atoms with Gasteiger partial charge in [0.25, 0.3) is 5.56 Å².